The second kappa shape index (κ2) is 11.8. The minimum absolute atomic E-state index is 1.17. The lowest BCUT2D eigenvalue weighted by molar-refractivity contribution is 1.33. The van der Waals surface area contributed by atoms with Crippen LogP contribution in [0.5, 0.6) is 0 Å². The molecular weight excluding hydrogens is 685 g/mol. The third kappa shape index (κ3) is 4.48. The molecule has 0 aliphatic heterocycles. The summed E-state index contributed by atoms with van der Waals surface area (Å²) in [5.74, 6) is 0. The average molecular weight is 715 g/mol. The second-order valence-corrected chi connectivity index (χ2v) is 15.5. The molecule has 0 unspecified atom stereocenters. The zero-order valence-electron chi connectivity index (χ0n) is 29.6. The summed E-state index contributed by atoms with van der Waals surface area (Å²) >= 11 is 1.91. The van der Waals surface area contributed by atoms with Crippen molar-refractivity contribution in [1.29, 1.82) is 0 Å². The smallest absolute Gasteiger partial charge is 0.0434 e. The highest BCUT2D eigenvalue weighted by molar-refractivity contribution is 7.26. The van der Waals surface area contributed by atoms with Gasteiger partial charge in [0.05, 0.1) is 0 Å². The van der Waals surface area contributed by atoms with Gasteiger partial charge in [-0.15, -0.1) is 11.3 Å². The molecule has 12 rings (SSSR count). The van der Waals surface area contributed by atoms with Gasteiger partial charge in [0, 0.05) is 50.5 Å². The van der Waals surface area contributed by atoms with Crippen molar-refractivity contribution in [3.63, 3.8) is 0 Å². The number of fused-ring (bicyclic) bond motifs is 8. The molecule has 8 aromatic carbocycles. The van der Waals surface area contributed by atoms with Crippen LogP contribution in [0.3, 0.4) is 0 Å². The number of hydrogen-bond donors (Lipinski definition) is 0. The number of thiophene rings is 1. The van der Waals surface area contributed by atoms with Crippen molar-refractivity contribution in [2.75, 3.05) is 0 Å². The quantitative estimate of drug-likeness (QED) is 0.181. The number of pyridine rings is 2. The maximum atomic E-state index is 4.41. The highest BCUT2D eigenvalue weighted by Crippen LogP contribution is 2.59. The van der Waals surface area contributed by atoms with Crippen LogP contribution in [0.25, 0.3) is 119 Å². The molecule has 0 bridgehead atoms. The summed E-state index contributed by atoms with van der Waals surface area (Å²) in [6.07, 6.45) is 7.64. The van der Waals surface area contributed by atoms with Crippen molar-refractivity contribution in [1.82, 2.24) is 9.97 Å². The minimum Gasteiger partial charge on any atom is -0.265 e. The molecule has 0 spiro atoms. The Morgan fingerprint density at radius 2 is 0.909 bits per heavy atom. The Hall–Kier alpha value is -6.94. The topological polar surface area (TPSA) is 25.8 Å². The lowest BCUT2D eigenvalue weighted by Gasteiger charge is -2.20. The van der Waals surface area contributed by atoms with Gasteiger partial charge in [0.1, 0.15) is 0 Å². The van der Waals surface area contributed by atoms with Gasteiger partial charge in [-0.05, 0) is 142 Å². The Bertz CT molecular complexity index is 3260. The fourth-order valence-corrected chi connectivity index (χ4v) is 10.5. The molecule has 254 valence electrons. The molecule has 0 saturated carbocycles. The van der Waals surface area contributed by atoms with Crippen molar-refractivity contribution in [2.45, 2.75) is 0 Å². The van der Waals surface area contributed by atoms with Gasteiger partial charge >= 0.3 is 0 Å². The fourth-order valence-electron chi connectivity index (χ4n) is 9.23. The van der Waals surface area contributed by atoms with Gasteiger partial charge in [-0.1, -0.05) is 109 Å². The predicted molar refractivity (Wildman–Crippen MR) is 234 cm³/mol. The maximum Gasteiger partial charge on any atom is 0.0434 e. The van der Waals surface area contributed by atoms with Crippen molar-refractivity contribution in [3.05, 3.63) is 183 Å². The molecule has 0 fully saturated rings. The van der Waals surface area contributed by atoms with Crippen molar-refractivity contribution in [2.24, 2.45) is 0 Å². The van der Waals surface area contributed by atoms with Crippen LogP contribution in [0.15, 0.2) is 183 Å². The van der Waals surface area contributed by atoms with Gasteiger partial charge < -0.3 is 0 Å². The average Bonchev–Trinajstić information content (AvgIpc) is 3.78. The lowest BCUT2D eigenvalue weighted by Crippen LogP contribution is -1.93. The zero-order valence-corrected chi connectivity index (χ0v) is 30.4. The van der Waals surface area contributed by atoms with Gasteiger partial charge in [-0.2, -0.15) is 0 Å². The van der Waals surface area contributed by atoms with E-state index in [1.807, 2.05) is 36.1 Å². The maximum absolute atomic E-state index is 4.41. The lowest BCUT2D eigenvalue weighted by atomic mass is 9.83. The molecule has 3 heterocycles. The van der Waals surface area contributed by atoms with E-state index in [-0.39, 0.29) is 0 Å². The molecule has 2 nitrogen and oxygen atoms in total. The van der Waals surface area contributed by atoms with Crippen LogP contribution in [0.4, 0.5) is 0 Å². The van der Waals surface area contributed by atoms with E-state index < -0.39 is 0 Å². The summed E-state index contributed by atoms with van der Waals surface area (Å²) in [4.78, 5) is 8.82. The van der Waals surface area contributed by atoms with E-state index in [0.29, 0.717) is 0 Å². The van der Waals surface area contributed by atoms with Gasteiger partial charge in [0.25, 0.3) is 0 Å². The van der Waals surface area contributed by atoms with Crippen LogP contribution in [-0.2, 0) is 0 Å². The first-order chi connectivity index (χ1) is 27.3. The van der Waals surface area contributed by atoms with E-state index in [2.05, 4.69) is 168 Å². The number of nitrogens with zero attached hydrogens (tertiary/aromatic N) is 2. The Balaban J connectivity index is 1.21. The Kier molecular flexibility index (Phi) is 6.54. The molecule has 11 aromatic rings. The summed E-state index contributed by atoms with van der Waals surface area (Å²) in [5, 5.41) is 10.2. The van der Waals surface area contributed by atoms with Crippen LogP contribution in [0.1, 0.15) is 0 Å². The van der Waals surface area contributed by atoms with Crippen molar-refractivity contribution < 1.29 is 0 Å². The van der Waals surface area contributed by atoms with E-state index >= 15 is 0 Å². The number of rotatable bonds is 4. The van der Waals surface area contributed by atoms with Gasteiger partial charge in [0.2, 0.25) is 0 Å². The molecule has 0 amide bonds. The van der Waals surface area contributed by atoms with E-state index in [0.717, 1.165) is 0 Å². The normalized spacial score (nSPS) is 12.0. The molecule has 0 radical (unpaired) electrons. The Morgan fingerprint density at radius 1 is 0.327 bits per heavy atom. The molecule has 0 atom stereocenters. The zero-order chi connectivity index (χ0) is 36.0. The second-order valence-electron chi connectivity index (χ2n) is 14.5. The molecule has 0 saturated heterocycles. The van der Waals surface area contributed by atoms with Crippen LogP contribution < -0.4 is 0 Å². The van der Waals surface area contributed by atoms with E-state index in [9.17, 15) is 0 Å². The highest BCUT2D eigenvalue weighted by atomic mass is 32.1. The van der Waals surface area contributed by atoms with Gasteiger partial charge in [0.15, 0.2) is 0 Å². The van der Waals surface area contributed by atoms with Crippen LogP contribution >= 0.6 is 11.3 Å². The molecule has 3 aromatic heterocycles. The van der Waals surface area contributed by atoms with Crippen LogP contribution in [0, 0.1) is 0 Å². The van der Waals surface area contributed by atoms with Gasteiger partial charge in [-0.25, -0.2) is 0 Å². The van der Waals surface area contributed by atoms with Crippen LogP contribution in [0.2, 0.25) is 0 Å². The molecule has 3 heteroatoms. The van der Waals surface area contributed by atoms with Crippen LogP contribution in [-0.4, -0.2) is 9.97 Å². The summed E-state index contributed by atoms with van der Waals surface area (Å²) in [7, 11) is 0. The predicted octanol–water partition coefficient (Wildman–Crippen LogP) is 14.6. The van der Waals surface area contributed by atoms with E-state index in [4.69, 9.17) is 0 Å². The van der Waals surface area contributed by atoms with E-state index in [1.165, 1.54) is 119 Å². The number of benzene rings is 8. The number of hydrogen-bond acceptors (Lipinski definition) is 3. The molecule has 1 aliphatic carbocycles. The first-order valence-corrected chi connectivity index (χ1v) is 19.5. The number of aromatic nitrogens is 2. The van der Waals surface area contributed by atoms with E-state index in [1.54, 1.807) is 0 Å². The van der Waals surface area contributed by atoms with Crippen molar-refractivity contribution in [3.8, 4) is 66.8 Å². The molecular formula is C52H30N2S. The molecule has 0 N–H and O–H groups in total. The summed E-state index contributed by atoms with van der Waals surface area (Å²) < 4.78 is 2.64. The Labute approximate surface area is 321 Å². The third-order valence-corrected chi connectivity index (χ3v) is 12.8. The minimum atomic E-state index is 1.17. The largest absolute Gasteiger partial charge is 0.265 e. The molecule has 1 aliphatic rings. The summed E-state index contributed by atoms with van der Waals surface area (Å²) in [5.41, 5.74) is 14.9. The SMILES string of the molecule is c1ccc(-c2cc(-c3ccc4c5c(cccc35)-c3c-4c(-c4ccncc4)c4ccccc4c3-c3ccncc3)c3sc4cc5ccccc5cc4c3c2)cc1. The molecule has 55 heavy (non-hydrogen) atoms. The summed E-state index contributed by atoms with van der Waals surface area (Å²) in [6.45, 7) is 0. The van der Waals surface area contributed by atoms with Gasteiger partial charge in [-0.3, -0.25) is 9.97 Å². The first-order valence-electron chi connectivity index (χ1n) is 18.7. The first kappa shape index (κ1) is 30.5. The fraction of sp³-hybridized carbons (Fsp3) is 0. The Morgan fingerprint density at radius 3 is 1.60 bits per heavy atom. The highest BCUT2D eigenvalue weighted by Gasteiger charge is 2.31. The third-order valence-electron chi connectivity index (χ3n) is 11.6. The standard InChI is InChI=1S/C52H30N2S/c1-2-9-31(10-3-1)36-28-44(52-45(29-36)43-27-34-11-4-5-12-35(34)30-46(43)55-52)37-17-18-42-49-38(37)15-8-16-41(49)50-47(32-19-23-53-24-20-32)39-13-6-7-14-40(39)48(51(42)50)33-21-25-54-26-22-33/h1-30H. The summed E-state index contributed by atoms with van der Waals surface area (Å²) in [6, 6.07) is 58.3. The van der Waals surface area contributed by atoms with Crippen molar-refractivity contribution >= 4 is 63.8 Å². The monoisotopic (exact) mass is 714 g/mol.